The molecule has 2 aromatic rings. The molecule has 4 nitrogen and oxygen atoms in total. The Morgan fingerprint density at radius 1 is 0.929 bits per heavy atom. The molecule has 0 aliphatic carbocycles. The number of hydrogen-bond donors (Lipinski definition) is 2. The van der Waals surface area contributed by atoms with Gasteiger partial charge in [-0.15, -0.1) is 0 Å². The lowest BCUT2D eigenvalue weighted by molar-refractivity contribution is 0.0684. The van der Waals surface area contributed by atoms with Crippen molar-refractivity contribution in [1.82, 2.24) is 0 Å². The molecule has 0 amide bonds. The zero-order valence-corrected chi connectivity index (χ0v) is 8.32. The number of carboxylic acids is 2. The van der Waals surface area contributed by atoms with Gasteiger partial charge >= 0.3 is 11.9 Å². The van der Waals surface area contributed by atoms with Crippen molar-refractivity contribution in [1.29, 1.82) is 0 Å². The molecule has 0 bridgehead atoms. The molecular formula is C8H4O4S2. The number of benzene rings is 1. The largest absolute Gasteiger partial charge is 0.478 e. The maximum Gasteiger partial charge on any atom is 0.337 e. The lowest BCUT2D eigenvalue weighted by Gasteiger charge is -2.06. The molecule has 1 aromatic heterocycles. The first-order valence-corrected chi connectivity index (χ1v) is 5.74. The van der Waals surface area contributed by atoms with Crippen molar-refractivity contribution in [2.45, 2.75) is 0 Å². The van der Waals surface area contributed by atoms with Gasteiger partial charge in [-0.05, 0) is 12.1 Å². The SMILES string of the molecule is O=C(O)c1ccc(C(=O)O)c2ssc12. The highest BCUT2D eigenvalue weighted by Gasteiger charge is 2.18. The average molecular weight is 228 g/mol. The molecule has 2 rings (SSSR count). The molecule has 0 atom stereocenters. The fourth-order valence-corrected chi connectivity index (χ4v) is 3.36. The van der Waals surface area contributed by atoms with Gasteiger partial charge in [-0.25, -0.2) is 9.59 Å². The Labute approximate surface area is 85.4 Å². The summed E-state index contributed by atoms with van der Waals surface area (Å²) in [4.78, 5) is 21.4. The van der Waals surface area contributed by atoms with Gasteiger partial charge in [-0.3, -0.25) is 0 Å². The first kappa shape index (κ1) is 9.17. The molecule has 1 aromatic carbocycles. The number of carboxylic acid groups (broad SMARTS) is 2. The van der Waals surface area contributed by atoms with E-state index in [2.05, 4.69) is 0 Å². The summed E-state index contributed by atoms with van der Waals surface area (Å²) >= 11 is 0. The fourth-order valence-electron chi connectivity index (χ4n) is 1.11. The third-order valence-corrected chi connectivity index (χ3v) is 4.43. The van der Waals surface area contributed by atoms with Crippen molar-refractivity contribution in [3.05, 3.63) is 23.3 Å². The lowest BCUT2D eigenvalue weighted by Crippen LogP contribution is -2.02. The maximum absolute atomic E-state index is 10.7. The van der Waals surface area contributed by atoms with E-state index in [0.29, 0.717) is 9.40 Å². The van der Waals surface area contributed by atoms with Gasteiger partial charge in [0.2, 0.25) is 0 Å². The highest BCUT2D eigenvalue weighted by atomic mass is 32.9. The molecule has 0 radical (unpaired) electrons. The number of fused-ring (bicyclic) bond motifs is 1. The van der Waals surface area contributed by atoms with E-state index < -0.39 is 11.9 Å². The molecule has 72 valence electrons. The number of rotatable bonds is 2. The van der Waals surface area contributed by atoms with Crippen LogP contribution in [-0.2, 0) is 0 Å². The monoisotopic (exact) mass is 228 g/mol. The smallest absolute Gasteiger partial charge is 0.337 e. The highest BCUT2D eigenvalue weighted by Crippen LogP contribution is 2.37. The van der Waals surface area contributed by atoms with Crippen LogP contribution in [0.25, 0.3) is 9.40 Å². The summed E-state index contributed by atoms with van der Waals surface area (Å²) in [5.41, 5.74) is 0.350. The van der Waals surface area contributed by atoms with E-state index in [1.165, 1.54) is 32.8 Å². The third-order valence-electron chi connectivity index (χ3n) is 1.78. The summed E-state index contributed by atoms with van der Waals surface area (Å²) in [6, 6.07) is 2.66. The van der Waals surface area contributed by atoms with Crippen molar-refractivity contribution in [2.75, 3.05) is 0 Å². The van der Waals surface area contributed by atoms with Crippen LogP contribution in [0.4, 0.5) is 0 Å². The predicted octanol–water partition coefficient (Wildman–Crippen LogP) is 2.36. The van der Waals surface area contributed by atoms with Gasteiger partial charge in [0.25, 0.3) is 0 Å². The van der Waals surface area contributed by atoms with Crippen LogP contribution in [0.2, 0.25) is 0 Å². The van der Waals surface area contributed by atoms with Crippen LogP contribution in [0, 0.1) is 0 Å². The lowest BCUT2D eigenvalue weighted by atomic mass is 10.1. The van der Waals surface area contributed by atoms with E-state index in [4.69, 9.17) is 10.2 Å². The van der Waals surface area contributed by atoms with Crippen LogP contribution in [0.5, 0.6) is 0 Å². The fraction of sp³-hybridized carbons (Fsp3) is 0. The van der Waals surface area contributed by atoms with E-state index in [0.717, 1.165) is 0 Å². The second-order valence-corrected chi connectivity index (χ2v) is 4.75. The molecule has 0 fully saturated rings. The standard InChI is InChI=1S/C8H4O4S2/c9-7(10)3-1-2-4(8(11)12)6-5(3)13-14-6/h1-2H,(H,9,10)(H,11,12). The van der Waals surface area contributed by atoms with E-state index in [-0.39, 0.29) is 11.1 Å². The van der Waals surface area contributed by atoms with E-state index in [1.807, 2.05) is 0 Å². The molecule has 6 heteroatoms. The predicted molar refractivity (Wildman–Crippen MR) is 53.6 cm³/mol. The Morgan fingerprint density at radius 3 is 1.50 bits per heavy atom. The molecule has 0 aliphatic heterocycles. The van der Waals surface area contributed by atoms with Crippen molar-refractivity contribution in [3.8, 4) is 0 Å². The summed E-state index contributed by atoms with van der Waals surface area (Å²) in [6.07, 6.45) is 0. The van der Waals surface area contributed by atoms with Crippen molar-refractivity contribution >= 4 is 42.0 Å². The van der Waals surface area contributed by atoms with Crippen molar-refractivity contribution < 1.29 is 19.8 Å². The number of carbonyl (C=O) groups is 2. The summed E-state index contributed by atoms with van der Waals surface area (Å²) in [7, 11) is 2.58. The first-order chi connectivity index (χ1) is 6.61. The van der Waals surface area contributed by atoms with Crippen LogP contribution < -0.4 is 0 Å². The minimum atomic E-state index is -1.02. The van der Waals surface area contributed by atoms with Crippen molar-refractivity contribution in [3.63, 3.8) is 0 Å². The van der Waals surface area contributed by atoms with Crippen LogP contribution in [0.1, 0.15) is 20.7 Å². The Kier molecular flexibility index (Phi) is 2.01. The molecule has 2 N–H and O–H groups in total. The quantitative estimate of drug-likeness (QED) is 0.774. The van der Waals surface area contributed by atoms with Gasteiger partial charge in [0, 0.05) is 0 Å². The number of hydrogen-bond acceptors (Lipinski definition) is 4. The third kappa shape index (κ3) is 1.19. The molecule has 0 unspecified atom stereocenters. The first-order valence-electron chi connectivity index (χ1n) is 3.59. The molecule has 0 saturated heterocycles. The van der Waals surface area contributed by atoms with Crippen LogP contribution in [0.3, 0.4) is 0 Å². The molecule has 0 spiro atoms. The summed E-state index contributed by atoms with van der Waals surface area (Å²) in [6.45, 7) is 0. The maximum atomic E-state index is 10.7. The van der Waals surface area contributed by atoms with Crippen LogP contribution in [0.15, 0.2) is 12.1 Å². The minimum Gasteiger partial charge on any atom is -0.478 e. The topological polar surface area (TPSA) is 74.6 Å². The molecule has 0 aliphatic rings. The van der Waals surface area contributed by atoms with Gasteiger partial charge in [0.05, 0.1) is 20.5 Å². The zero-order chi connectivity index (χ0) is 10.3. The Morgan fingerprint density at radius 2 is 1.29 bits per heavy atom. The van der Waals surface area contributed by atoms with Gasteiger partial charge in [-0.1, -0.05) is 20.7 Å². The normalized spacial score (nSPS) is 10.6. The van der Waals surface area contributed by atoms with Gasteiger partial charge in [-0.2, -0.15) is 0 Å². The Balaban J connectivity index is 2.69. The average Bonchev–Trinajstić information content (AvgIpc) is 2.04. The van der Waals surface area contributed by atoms with Gasteiger partial charge in [0.1, 0.15) is 0 Å². The van der Waals surface area contributed by atoms with E-state index in [9.17, 15) is 9.59 Å². The molecule has 1 heterocycles. The highest BCUT2D eigenvalue weighted by molar-refractivity contribution is 7.78. The Hall–Kier alpha value is -1.40. The second-order valence-electron chi connectivity index (χ2n) is 2.60. The summed E-state index contributed by atoms with van der Waals surface area (Å²) in [5.74, 6) is -2.04. The van der Waals surface area contributed by atoms with E-state index in [1.54, 1.807) is 0 Å². The Bertz CT molecular complexity index is 475. The van der Waals surface area contributed by atoms with Crippen LogP contribution in [-0.4, -0.2) is 22.2 Å². The van der Waals surface area contributed by atoms with Crippen LogP contribution >= 0.6 is 20.7 Å². The molecular weight excluding hydrogens is 224 g/mol. The summed E-state index contributed by atoms with van der Waals surface area (Å²) in [5, 5.41) is 17.6. The number of aromatic carboxylic acids is 2. The minimum absolute atomic E-state index is 0.175. The zero-order valence-electron chi connectivity index (χ0n) is 6.68. The van der Waals surface area contributed by atoms with Crippen molar-refractivity contribution in [2.24, 2.45) is 0 Å². The van der Waals surface area contributed by atoms with Gasteiger partial charge < -0.3 is 10.2 Å². The molecule has 0 saturated carbocycles. The van der Waals surface area contributed by atoms with E-state index >= 15 is 0 Å². The second kappa shape index (κ2) is 3.07. The summed E-state index contributed by atoms with van der Waals surface area (Å²) < 4.78 is 1.12. The molecule has 14 heavy (non-hydrogen) atoms. The van der Waals surface area contributed by atoms with Gasteiger partial charge in [0.15, 0.2) is 0 Å².